The molecule has 0 unspecified atom stereocenters. The Kier molecular flexibility index (Phi) is 3.68. The third kappa shape index (κ3) is 2.70. The molecule has 2 saturated heterocycles. The van der Waals surface area contributed by atoms with Crippen molar-refractivity contribution in [2.24, 2.45) is 0 Å². The summed E-state index contributed by atoms with van der Waals surface area (Å²) in [6, 6.07) is 15.7. The van der Waals surface area contributed by atoms with E-state index in [0.29, 0.717) is 17.2 Å². The predicted octanol–water partition coefficient (Wildman–Crippen LogP) is 3.72. The summed E-state index contributed by atoms with van der Waals surface area (Å²) in [6.07, 6.45) is 4.51. The lowest BCUT2D eigenvalue weighted by atomic mass is 10.1. The van der Waals surface area contributed by atoms with Crippen LogP contribution >= 0.6 is 11.6 Å². The fraction of sp³-hybridized carbons (Fsp3) is 0.350. The van der Waals surface area contributed by atoms with Crippen molar-refractivity contribution < 1.29 is 0 Å². The van der Waals surface area contributed by atoms with Gasteiger partial charge in [0, 0.05) is 48.8 Å². The molecule has 1 aromatic carbocycles. The number of H-pyrrole nitrogens is 1. The van der Waals surface area contributed by atoms with Crippen molar-refractivity contribution in [2.75, 3.05) is 24.5 Å². The van der Waals surface area contributed by atoms with Crippen molar-refractivity contribution in [1.82, 2.24) is 14.9 Å². The van der Waals surface area contributed by atoms with Crippen LogP contribution in [-0.4, -0.2) is 46.6 Å². The largest absolute Gasteiger partial charge is 0.361 e. The zero-order chi connectivity index (χ0) is 16.8. The Morgan fingerprint density at radius 2 is 2.00 bits per heavy atom. The van der Waals surface area contributed by atoms with Crippen LogP contribution in [0.3, 0.4) is 0 Å². The van der Waals surface area contributed by atoms with Gasteiger partial charge in [0.2, 0.25) is 0 Å². The molecular formula is C20H21ClN4. The lowest BCUT2D eigenvalue weighted by Crippen LogP contribution is -2.47. The van der Waals surface area contributed by atoms with Gasteiger partial charge in [-0.2, -0.15) is 0 Å². The van der Waals surface area contributed by atoms with Crippen molar-refractivity contribution in [3.8, 4) is 0 Å². The number of para-hydroxylation sites is 1. The number of benzene rings is 1. The number of aromatic amines is 1. The number of fused-ring (bicyclic) bond motifs is 3. The molecule has 0 amide bonds. The third-order valence-electron chi connectivity index (χ3n) is 5.69. The number of nitrogens with zero attached hydrogens (tertiary/aromatic N) is 3. The van der Waals surface area contributed by atoms with Crippen LogP contribution in [-0.2, 0) is 6.42 Å². The van der Waals surface area contributed by atoms with Crippen LogP contribution < -0.4 is 4.90 Å². The van der Waals surface area contributed by atoms with Gasteiger partial charge in [-0.1, -0.05) is 35.9 Å². The molecule has 2 atom stereocenters. The molecule has 2 fully saturated rings. The van der Waals surface area contributed by atoms with Crippen LogP contribution in [0.5, 0.6) is 0 Å². The number of halogens is 1. The Labute approximate surface area is 152 Å². The Morgan fingerprint density at radius 3 is 2.84 bits per heavy atom. The predicted molar refractivity (Wildman–Crippen MR) is 102 cm³/mol. The molecule has 2 aromatic heterocycles. The first-order valence-electron chi connectivity index (χ1n) is 8.96. The highest BCUT2D eigenvalue weighted by Gasteiger charge is 2.43. The van der Waals surface area contributed by atoms with Gasteiger partial charge in [-0.05, 0) is 36.6 Å². The molecule has 3 aromatic rings. The molecule has 128 valence electrons. The molecule has 0 spiro atoms. The highest BCUT2D eigenvalue weighted by molar-refractivity contribution is 6.29. The van der Waals surface area contributed by atoms with Gasteiger partial charge in [-0.25, -0.2) is 4.98 Å². The SMILES string of the molecule is Clc1cccc(N2C[C@H]3C[C@@H]2CN3CCc2c[nH]c3ccccc23)n1. The number of piperazine rings is 1. The number of aromatic nitrogens is 2. The summed E-state index contributed by atoms with van der Waals surface area (Å²) >= 11 is 6.06. The molecule has 5 rings (SSSR count). The molecule has 4 heterocycles. The molecule has 1 N–H and O–H groups in total. The Bertz CT molecular complexity index is 905. The van der Waals surface area contributed by atoms with Crippen LogP contribution in [0.4, 0.5) is 5.82 Å². The molecule has 0 saturated carbocycles. The number of nitrogens with one attached hydrogen (secondary N) is 1. The molecule has 5 heteroatoms. The van der Waals surface area contributed by atoms with Gasteiger partial charge in [-0.3, -0.25) is 4.90 Å². The van der Waals surface area contributed by atoms with E-state index in [0.717, 1.165) is 31.9 Å². The lowest BCUT2D eigenvalue weighted by molar-refractivity contribution is 0.241. The standard InChI is InChI=1S/C20H21ClN4/c21-19-6-3-7-20(23-19)25-13-15-10-16(25)12-24(15)9-8-14-11-22-18-5-2-1-4-17(14)18/h1-7,11,15-16,22H,8-10,12-13H2/t15-,16-/m1/s1. The van der Waals surface area contributed by atoms with Crippen molar-refractivity contribution in [2.45, 2.75) is 24.9 Å². The maximum Gasteiger partial charge on any atom is 0.131 e. The van der Waals surface area contributed by atoms with Crippen molar-refractivity contribution in [1.29, 1.82) is 0 Å². The average molecular weight is 353 g/mol. The molecule has 2 aliphatic rings. The first-order chi connectivity index (χ1) is 12.3. The lowest BCUT2D eigenvalue weighted by Gasteiger charge is -2.35. The van der Waals surface area contributed by atoms with E-state index in [4.69, 9.17) is 11.6 Å². The Balaban J connectivity index is 1.25. The first-order valence-corrected chi connectivity index (χ1v) is 9.34. The monoisotopic (exact) mass is 352 g/mol. The number of rotatable bonds is 4. The fourth-order valence-corrected chi connectivity index (χ4v) is 4.62. The quantitative estimate of drug-likeness (QED) is 0.727. The summed E-state index contributed by atoms with van der Waals surface area (Å²) in [5.74, 6) is 1.02. The van der Waals surface area contributed by atoms with E-state index in [-0.39, 0.29) is 0 Å². The van der Waals surface area contributed by atoms with E-state index in [9.17, 15) is 0 Å². The molecule has 4 nitrogen and oxygen atoms in total. The minimum Gasteiger partial charge on any atom is -0.361 e. The van der Waals surface area contributed by atoms with Crippen LogP contribution in [0.25, 0.3) is 10.9 Å². The zero-order valence-electron chi connectivity index (χ0n) is 14.0. The van der Waals surface area contributed by atoms with Crippen molar-refractivity contribution >= 4 is 28.3 Å². The first kappa shape index (κ1) is 15.2. The highest BCUT2D eigenvalue weighted by atomic mass is 35.5. The van der Waals surface area contributed by atoms with Crippen LogP contribution in [0.1, 0.15) is 12.0 Å². The maximum atomic E-state index is 6.06. The average Bonchev–Trinajstić information content (AvgIpc) is 3.33. The van der Waals surface area contributed by atoms with E-state index in [1.165, 1.54) is 22.9 Å². The summed E-state index contributed by atoms with van der Waals surface area (Å²) in [4.78, 5) is 12.9. The summed E-state index contributed by atoms with van der Waals surface area (Å²) in [5.41, 5.74) is 2.66. The second-order valence-electron chi connectivity index (χ2n) is 7.12. The van der Waals surface area contributed by atoms with Gasteiger partial charge in [0.25, 0.3) is 0 Å². The number of likely N-dealkylation sites (tertiary alicyclic amines) is 1. The Hall–Kier alpha value is -2.04. The zero-order valence-corrected chi connectivity index (χ0v) is 14.8. The normalized spacial score (nSPS) is 23.0. The van der Waals surface area contributed by atoms with E-state index >= 15 is 0 Å². The van der Waals surface area contributed by atoms with Gasteiger partial charge in [0.1, 0.15) is 11.0 Å². The topological polar surface area (TPSA) is 35.2 Å². The molecule has 2 bridgehead atoms. The third-order valence-corrected chi connectivity index (χ3v) is 5.90. The van der Waals surface area contributed by atoms with Gasteiger partial charge >= 0.3 is 0 Å². The summed E-state index contributed by atoms with van der Waals surface area (Å²) in [7, 11) is 0. The second kappa shape index (κ2) is 6.04. The van der Waals surface area contributed by atoms with E-state index in [1.807, 2.05) is 12.1 Å². The number of hydrogen-bond acceptors (Lipinski definition) is 3. The summed E-state index contributed by atoms with van der Waals surface area (Å²) in [6.45, 7) is 3.31. The summed E-state index contributed by atoms with van der Waals surface area (Å²) in [5, 5.41) is 1.94. The minimum atomic E-state index is 0.568. The van der Waals surface area contributed by atoms with Gasteiger partial charge in [0.05, 0.1) is 0 Å². The molecule has 2 aliphatic heterocycles. The molecule has 0 radical (unpaired) electrons. The van der Waals surface area contributed by atoms with Gasteiger partial charge < -0.3 is 9.88 Å². The second-order valence-corrected chi connectivity index (χ2v) is 7.51. The summed E-state index contributed by atoms with van der Waals surface area (Å²) < 4.78 is 0. The van der Waals surface area contributed by atoms with Crippen molar-refractivity contribution in [3.05, 3.63) is 59.4 Å². The van der Waals surface area contributed by atoms with Crippen molar-refractivity contribution in [3.63, 3.8) is 0 Å². The molecule has 25 heavy (non-hydrogen) atoms. The Morgan fingerprint density at radius 1 is 1.08 bits per heavy atom. The maximum absolute atomic E-state index is 6.06. The molecular weight excluding hydrogens is 332 g/mol. The van der Waals surface area contributed by atoms with Crippen LogP contribution in [0.2, 0.25) is 5.15 Å². The van der Waals surface area contributed by atoms with E-state index in [1.54, 1.807) is 0 Å². The fourth-order valence-electron chi connectivity index (χ4n) is 4.46. The van der Waals surface area contributed by atoms with Gasteiger partial charge in [-0.15, -0.1) is 0 Å². The van der Waals surface area contributed by atoms with E-state index in [2.05, 4.69) is 56.3 Å². The minimum absolute atomic E-state index is 0.568. The van der Waals surface area contributed by atoms with Crippen LogP contribution in [0.15, 0.2) is 48.7 Å². The van der Waals surface area contributed by atoms with Crippen LogP contribution in [0, 0.1) is 0 Å². The van der Waals surface area contributed by atoms with E-state index < -0.39 is 0 Å². The smallest absolute Gasteiger partial charge is 0.131 e. The number of hydrogen-bond donors (Lipinski definition) is 1. The number of pyridine rings is 1. The van der Waals surface area contributed by atoms with Gasteiger partial charge in [0.15, 0.2) is 0 Å². The number of anilines is 1. The highest BCUT2D eigenvalue weighted by Crippen LogP contribution is 2.34. The molecule has 0 aliphatic carbocycles.